The first-order chi connectivity index (χ1) is 15.6. The Hall–Kier alpha value is -3.56. The first-order valence-electron chi connectivity index (χ1n) is 10.4. The molecule has 0 saturated carbocycles. The number of halogens is 3. The number of hydrogen-bond donors (Lipinski definition) is 1. The lowest BCUT2D eigenvalue weighted by molar-refractivity contribution is -0.139. The summed E-state index contributed by atoms with van der Waals surface area (Å²) < 4.78 is 46.4. The van der Waals surface area contributed by atoms with Crippen molar-refractivity contribution >= 4 is 5.97 Å². The van der Waals surface area contributed by atoms with E-state index in [2.05, 4.69) is 5.10 Å². The smallest absolute Gasteiger partial charge is 0.416 e. The van der Waals surface area contributed by atoms with Crippen LogP contribution in [0.5, 0.6) is 5.75 Å². The maximum Gasteiger partial charge on any atom is 0.416 e. The van der Waals surface area contributed by atoms with Crippen molar-refractivity contribution in [1.29, 1.82) is 0 Å². The molecule has 0 aliphatic carbocycles. The van der Waals surface area contributed by atoms with E-state index in [-0.39, 0.29) is 11.6 Å². The Bertz CT molecular complexity index is 1150. The van der Waals surface area contributed by atoms with Gasteiger partial charge in [0.05, 0.1) is 11.3 Å². The molecule has 0 radical (unpaired) electrons. The first kappa shape index (κ1) is 24.1. The predicted molar refractivity (Wildman–Crippen MR) is 115 cm³/mol. The van der Waals surface area contributed by atoms with Gasteiger partial charge < -0.3 is 9.84 Å². The molecule has 1 atom stereocenters. The van der Waals surface area contributed by atoms with Crippen molar-refractivity contribution in [2.75, 3.05) is 6.61 Å². The molecule has 0 spiro atoms. The van der Waals surface area contributed by atoms with Crippen LogP contribution < -0.4 is 10.4 Å². The zero-order valence-electron chi connectivity index (χ0n) is 18.2. The summed E-state index contributed by atoms with van der Waals surface area (Å²) in [5.41, 5.74) is -0.00599. The second kappa shape index (κ2) is 9.93. The summed E-state index contributed by atoms with van der Waals surface area (Å²) >= 11 is 0. The summed E-state index contributed by atoms with van der Waals surface area (Å²) in [5, 5.41) is 13.1. The fourth-order valence-corrected chi connectivity index (χ4v) is 3.48. The lowest BCUT2D eigenvalue weighted by Gasteiger charge is -2.12. The monoisotopic (exact) mass is 463 g/mol. The number of aromatic nitrogens is 3. The minimum absolute atomic E-state index is 0.161. The van der Waals surface area contributed by atoms with Gasteiger partial charge in [0.2, 0.25) is 0 Å². The van der Waals surface area contributed by atoms with Gasteiger partial charge in [-0.15, -0.1) is 5.10 Å². The van der Waals surface area contributed by atoms with E-state index in [1.54, 1.807) is 16.7 Å². The van der Waals surface area contributed by atoms with Crippen LogP contribution in [-0.2, 0) is 23.9 Å². The number of ether oxygens (including phenoxy) is 1. The Morgan fingerprint density at radius 1 is 1.12 bits per heavy atom. The number of alkyl halides is 3. The lowest BCUT2D eigenvalue weighted by Crippen LogP contribution is -2.25. The van der Waals surface area contributed by atoms with Gasteiger partial charge in [0.1, 0.15) is 11.6 Å². The molecule has 2 aromatic carbocycles. The Labute approximate surface area is 188 Å². The van der Waals surface area contributed by atoms with Crippen LogP contribution in [0.4, 0.5) is 13.2 Å². The predicted octanol–water partition coefficient (Wildman–Crippen LogP) is 4.27. The van der Waals surface area contributed by atoms with Crippen molar-refractivity contribution in [3.05, 3.63) is 76.0 Å². The van der Waals surface area contributed by atoms with Gasteiger partial charge in [-0.3, -0.25) is 4.57 Å². The highest BCUT2D eigenvalue weighted by Crippen LogP contribution is 2.29. The molecule has 1 N–H and O–H groups in total. The number of carboxylic acid groups (broad SMARTS) is 1. The standard InChI is InChI=1S/C23H24F3N3O4/c1-3-12-28-21(15(2)13-16-4-10-19(11-5-16)33-14-20(30)31)27-29(22(28)32)18-8-6-17(7-9-18)23(24,25)26/h4-11,15H,3,12-14H2,1-2H3,(H,30,31). The Morgan fingerprint density at radius 3 is 2.30 bits per heavy atom. The molecule has 176 valence electrons. The summed E-state index contributed by atoms with van der Waals surface area (Å²) in [7, 11) is 0. The fraction of sp³-hybridized carbons (Fsp3) is 0.348. The summed E-state index contributed by atoms with van der Waals surface area (Å²) in [6.07, 6.45) is -3.22. The van der Waals surface area contributed by atoms with Crippen molar-refractivity contribution in [1.82, 2.24) is 14.3 Å². The number of aliphatic carboxylic acids is 1. The third-order valence-electron chi connectivity index (χ3n) is 5.05. The molecule has 7 nitrogen and oxygen atoms in total. The Kier molecular flexibility index (Phi) is 7.25. The number of carboxylic acids is 1. The SMILES string of the molecule is CCCn1c(C(C)Cc2ccc(OCC(=O)O)cc2)nn(-c2ccc(C(F)(F)F)cc2)c1=O. The number of nitrogens with zero attached hydrogens (tertiary/aromatic N) is 3. The summed E-state index contributed by atoms with van der Waals surface area (Å²) in [6, 6.07) is 11.3. The van der Waals surface area contributed by atoms with Gasteiger partial charge in [-0.25, -0.2) is 9.59 Å². The number of benzene rings is 2. The van der Waals surface area contributed by atoms with Crippen LogP contribution in [0.15, 0.2) is 53.3 Å². The average molecular weight is 463 g/mol. The molecule has 33 heavy (non-hydrogen) atoms. The molecule has 0 fully saturated rings. The van der Waals surface area contributed by atoms with Crippen molar-refractivity contribution in [2.24, 2.45) is 0 Å². The first-order valence-corrected chi connectivity index (χ1v) is 10.4. The molecule has 0 aliphatic heterocycles. The van der Waals surface area contributed by atoms with E-state index in [1.165, 1.54) is 12.1 Å². The van der Waals surface area contributed by atoms with Crippen molar-refractivity contribution in [2.45, 2.75) is 45.3 Å². The van der Waals surface area contributed by atoms with E-state index < -0.39 is 30.0 Å². The fourth-order valence-electron chi connectivity index (χ4n) is 3.48. The van der Waals surface area contributed by atoms with Gasteiger partial charge in [0, 0.05) is 12.5 Å². The zero-order chi connectivity index (χ0) is 24.2. The topological polar surface area (TPSA) is 86.3 Å². The normalized spacial score (nSPS) is 12.5. The van der Waals surface area contributed by atoms with E-state index in [1.807, 2.05) is 26.0 Å². The van der Waals surface area contributed by atoms with Gasteiger partial charge in [-0.05, 0) is 54.8 Å². The number of hydrogen-bond acceptors (Lipinski definition) is 4. The zero-order valence-corrected chi connectivity index (χ0v) is 18.2. The third kappa shape index (κ3) is 5.82. The molecular weight excluding hydrogens is 439 g/mol. The van der Waals surface area contributed by atoms with E-state index >= 15 is 0 Å². The molecule has 0 amide bonds. The number of rotatable bonds is 9. The molecule has 10 heteroatoms. The molecule has 0 saturated heterocycles. The Morgan fingerprint density at radius 2 is 1.76 bits per heavy atom. The van der Waals surface area contributed by atoms with Crippen LogP contribution in [0.3, 0.4) is 0 Å². The summed E-state index contributed by atoms with van der Waals surface area (Å²) in [4.78, 5) is 23.6. The van der Waals surface area contributed by atoms with E-state index in [9.17, 15) is 22.8 Å². The van der Waals surface area contributed by atoms with E-state index in [4.69, 9.17) is 9.84 Å². The van der Waals surface area contributed by atoms with Gasteiger partial charge in [0.25, 0.3) is 0 Å². The molecule has 0 aliphatic rings. The molecule has 3 aromatic rings. The van der Waals surface area contributed by atoms with Crippen LogP contribution in [0.25, 0.3) is 5.69 Å². The molecule has 3 rings (SSSR count). The molecule has 0 bridgehead atoms. The van der Waals surface area contributed by atoms with Crippen LogP contribution in [0, 0.1) is 0 Å². The lowest BCUT2D eigenvalue weighted by atomic mass is 10.0. The highest BCUT2D eigenvalue weighted by Gasteiger charge is 2.30. The van der Waals surface area contributed by atoms with Crippen molar-refractivity contribution < 1.29 is 27.8 Å². The van der Waals surface area contributed by atoms with Gasteiger partial charge >= 0.3 is 17.8 Å². The van der Waals surface area contributed by atoms with E-state index in [0.717, 1.165) is 22.4 Å². The Balaban J connectivity index is 1.85. The van der Waals surface area contributed by atoms with Crippen LogP contribution in [0.1, 0.15) is 43.1 Å². The van der Waals surface area contributed by atoms with Crippen molar-refractivity contribution in [3.8, 4) is 11.4 Å². The van der Waals surface area contributed by atoms with Crippen LogP contribution in [0.2, 0.25) is 0 Å². The van der Waals surface area contributed by atoms with Gasteiger partial charge in [0.15, 0.2) is 6.61 Å². The van der Waals surface area contributed by atoms with Crippen LogP contribution in [-0.4, -0.2) is 32.0 Å². The summed E-state index contributed by atoms with van der Waals surface area (Å²) in [6.45, 7) is 3.84. The highest BCUT2D eigenvalue weighted by molar-refractivity contribution is 5.68. The second-order valence-electron chi connectivity index (χ2n) is 7.68. The van der Waals surface area contributed by atoms with E-state index in [0.29, 0.717) is 31.0 Å². The molecule has 1 heterocycles. The van der Waals surface area contributed by atoms with Gasteiger partial charge in [-0.2, -0.15) is 17.9 Å². The van der Waals surface area contributed by atoms with Gasteiger partial charge in [-0.1, -0.05) is 26.0 Å². The van der Waals surface area contributed by atoms with Crippen molar-refractivity contribution in [3.63, 3.8) is 0 Å². The highest BCUT2D eigenvalue weighted by atomic mass is 19.4. The maximum absolute atomic E-state index is 13.0. The minimum Gasteiger partial charge on any atom is -0.482 e. The molecule has 1 aromatic heterocycles. The quantitative estimate of drug-likeness (QED) is 0.512. The third-order valence-corrected chi connectivity index (χ3v) is 5.05. The average Bonchev–Trinajstić information content (AvgIpc) is 3.09. The summed E-state index contributed by atoms with van der Waals surface area (Å²) in [5.74, 6) is -0.257. The molecular formula is C23H24F3N3O4. The molecule has 1 unspecified atom stereocenters. The second-order valence-corrected chi connectivity index (χ2v) is 7.68. The maximum atomic E-state index is 13.0. The largest absolute Gasteiger partial charge is 0.482 e. The number of carbonyl (C=O) groups is 1. The van der Waals surface area contributed by atoms with Crippen LogP contribution >= 0.6 is 0 Å². The minimum atomic E-state index is -4.46.